The van der Waals surface area contributed by atoms with Crippen molar-refractivity contribution in [2.24, 2.45) is 0 Å². The number of halogens is 4. The van der Waals surface area contributed by atoms with Gasteiger partial charge in [0.1, 0.15) is 35.2 Å². The van der Waals surface area contributed by atoms with Crippen LogP contribution in [0.2, 0.25) is 5.02 Å². The van der Waals surface area contributed by atoms with Gasteiger partial charge in [0.2, 0.25) is 0 Å². The van der Waals surface area contributed by atoms with Gasteiger partial charge < -0.3 is 20.5 Å². The van der Waals surface area contributed by atoms with Crippen LogP contribution >= 0.6 is 11.6 Å². The minimum atomic E-state index is -4.49. The fraction of sp³-hybridized carbons (Fsp3) is 0.276. The highest BCUT2D eigenvalue weighted by Gasteiger charge is 2.31. The van der Waals surface area contributed by atoms with Gasteiger partial charge in [-0.2, -0.15) is 18.3 Å². The molecule has 0 aliphatic carbocycles. The molecule has 42 heavy (non-hydrogen) atoms. The van der Waals surface area contributed by atoms with Crippen LogP contribution in [0.3, 0.4) is 0 Å². The molecule has 1 aliphatic heterocycles. The molecule has 4 N–H and O–H groups in total. The number of aliphatic hydroxyl groups is 1. The van der Waals surface area contributed by atoms with E-state index in [4.69, 9.17) is 16.3 Å². The maximum Gasteiger partial charge on any atom is 0.416 e. The molecule has 5 rings (SSSR count). The SMILES string of the molecule is CC(O)(NCCCn1cccn1)C1=Cc2c(ncnc2Nc2ccc(Oc3cccc(C(F)(F)F)c3)c(Cl)c2)NCC1. The first-order chi connectivity index (χ1) is 20.1. The quantitative estimate of drug-likeness (QED) is 0.121. The van der Waals surface area contributed by atoms with Crippen molar-refractivity contribution in [1.29, 1.82) is 0 Å². The molecule has 0 saturated heterocycles. The molecule has 9 nitrogen and oxygen atoms in total. The van der Waals surface area contributed by atoms with Crippen LogP contribution in [0.5, 0.6) is 11.5 Å². The van der Waals surface area contributed by atoms with Crippen LogP contribution in [0.15, 0.2) is 72.8 Å². The van der Waals surface area contributed by atoms with Crippen molar-refractivity contribution in [3.8, 4) is 11.5 Å². The number of aryl methyl sites for hydroxylation is 1. The van der Waals surface area contributed by atoms with E-state index in [2.05, 4.69) is 31.0 Å². The van der Waals surface area contributed by atoms with E-state index < -0.39 is 17.5 Å². The zero-order valence-corrected chi connectivity index (χ0v) is 23.4. The largest absolute Gasteiger partial charge is 0.456 e. The highest BCUT2D eigenvalue weighted by molar-refractivity contribution is 6.32. The van der Waals surface area contributed by atoms with Crippen molar-refractivity contribution >= 4 is 35.0 Å². The maximum atomic E-state index is 13.1. The number of rotatable bonds is 10. The smallest absolute Gasteiger partial charge is 0.416 e. The summed E-state index contributed by atoms with van der Waals surface area (Å²) in [5, 5.41) is 25.4. The molecule has 2 aromatic carbocycles. The van der Waals surface area contributed by atoms with Gasteiger partial charge in [0.15, 0.2) is 0 Å². The van der Waals surface area contributed by atoms with Gasteiger partial charge in [0, 0.05) is 31.2 Å². The Morgan fingerprint density at radius 1 is 1.14 bits per heavy atom. The summed E-state index contributed by atoms with van der Waals surface area (Å²) in [6, 6.07) is 11.3. The number of hydrogen-bond acceptors (Lipinski definition) is 8. The van der Waals surface area contributed by atoms with E-state index in [9.17, 15) is 18.3 Å². The predicted molar refractivity (Wildman–Crippen MR) is 155 cm³/mol. The topological polar surface area (TPSA) is 109 Å². The third-order valence-electron chi connectivity index (χ3n) is 6.69. The number of fused-ring (bicyclic) bond motifs is 1. The van der Waals surface area contributed by atoms with E-state index in [0.717, 1.165) is 30.7 Å². The maximum absolute atomic E-state index is 13.1. The first kappa shape index (κ1) is 29.4. The average Bonchev–Trinajstić information content (AvgIpc) is 3.36. The summed E-state index contributed by atoms with van der Waals surface area (Å²) in [5.41, 5.74) is -0.104. The average molecular weight is 600 g/mol. The summed E-state index contributed by atoms with van der Waals surface area (Å²) in [5.74, 6) is 1.29. The lowest BCUT2D eigenvalue weighted by molar-refractivity contribution is -0.137. The lowest BCUT2D eigenvalue weighted by atomic mass is 9.99. The minimum absolute atomic E-state index is 0.0133. The van der Waals surface area contributed by atoms with E-state index in [1.54, 1.807) is 31.3 Å². The van der Waals surface area contributed by atoms with Gasteiger partial charge in [-0.15, -0.1) is 0 Å². The van der Waals surface area contributed by atoms with Gasteiger partial charge in [-0.3, -0.25) is 10.00 Å². The third-order valence-corrected chi connectivity index (χ3v) is 6.99. The molecule has 0 fully saturated rings. The standard InChI is InChI=1S/C29H29ClF3N7O2/c1-28(41,37-10-3-13-40-14-4-11-38-40)19-9-12-34-26-23(16-19)27(36-18-35-26)39-21-7-8-25(24(30)17-21)42-22-6-2-5-20(15-22)29(31,32)33/h2,4-8,11,14-18,37,41H,3,9-10,12-13H2,1H3,(H2,34,35,36,39). The van der Waals surface area contributed by atoms with Gasteiger partial charge in [0.05, 0.1) is 16.1 Å². The second-order valence-electron chi connectivity index (χ2n) is 9.85. The Morgan fingerprint density at radius 3 is 2.76 bits per heavy atom. The molecule has 0 amide bonds. The number of alkyl halides is 3. The van der Waals surface area contributed by atoms with Crippen LogP contribution in [-0.4, -0.2) is 43.7 Å². The summed E-state index contributed by atoms with van der Waals surface area (Å²) in [4.78, 5) is 8.76. The van der Waals surface area contributed by atoms with E-state index in [0.29, 0.717) is 42.4 Å². The van der Waals surface area contributed by atoms with Gasteiger partial charge in [-0.25, -0.2) is 9.97 Å². The second kappa shape index (κ2) is 12.4. The summed E-state index contributed by atoms with van der Waals surface area (Å²) in [6.07, 6.45) is 3.78. The summed E-state index contributed by atoms with van der Waals surface area (Å²) < 4.78 is 46.7. The molecular formula is C29H29ClF3N7O2. The van der Waals surface area contributed by atoms with Crippen molar-refractivity contribution in [2.45, 2.75) is 38.2 Å². The van der Waals surface area contributed by atoms with Crippen LogP contribution < -0.4 is 20.7 Å². The Bertz CT molecular complexity index is 1560. The molecule has 1 atom stereocenters. The van der Waals surface area contributed by atoms with Crippen LogP contribution in [0.4, 0.5) is 30.5 Å². The van der Waals surface area contributed by atoms with Crippen molar-refractivity contribution in [3.63, 3.8) is 0 Å². The fourth-order valence-corrected chi connectivity index (χ4v) is 4.72. The number of hydrogen-bond donors (Lipinski definition) is 4. The fourth-order valence-electron chi connectivity index (χ4n) is 4.50. The number of anilines is 3. The molecule has 1 unspecified atom stereocenters. The van der Waals surface area contributed by atoms with Crippen molar-refractivity contribution in [2.75, 3.05) is 23.7 Å². The van der Waals surface area contributed by atoms with Gasteiger partial charge >= 0.3 is 6.18 Å². The highest BCUT2D eigenvalue weighted by Crippen LogP contribution is 2.37. The van der Waals surface area contributed by atoms with Gasteiger partial charge in [-0.05, 0) is 80.4 Å². The number of nitrogens with zero attached hydrogens (tertiary/aromatic N) is 4. The highest BCUT2D eigenvalue weighted by atomic mass is 35.5. The number of ether oxygens (including phenoxy) is 1. The van der Waals surface area contributed by atoms with Crippen molar-refractivity contribution in [1.82, 2.24) is 25.1 Å². The molecule has 13 heteroatoms. The minimum Gasteiger partial charge on any atom is -0.456 e. The lowest BCUT2D eigenvalue weighted by Crippen LogP contribution is -2.44. The zero-order chi connectivity index (χ0) is 29.7. The van der Waals surface area contributed by atoms with Crippen LogP contribution in [0, 0.1) is 0 Å². The molecule has 3 heterocycles. The van der Waals surface area contributed by atoms with Crippen molar-refractivity contribution < 1.29 is 23.0 Å². The van der Waals surface area contributed by atoms with Crippen LogP contribution in [0.1, 0.15) is 30.9 Å². The Balaban J connectivity index is 1.31. The molecule has 0 saturated carbocycles. The second-order valence-corrected chi connectivity index (χ2v) is 10.3. The third kappa shape index (κ3) is 7.19. The van der Waals surface area contributed by atoms with Crippen LogP contribution in [0.25, 0.3) is 6.08 Å². The number of benzene rings is 2. The molecule has 2 aromatic heterocycles. The first-order valence-electron chi connectivity index (χ1n) is 13.2. The zero-order valence-electron chi connectivity index (χ0n) is 22.6. The van der Waals surface area contributed by atoms with Gasteiger partial charge in [0.25, 0.3) is 0 Å². The molecule has 220 valence electrons. The first-order valence-corrected chi connectivity index (χ1v) is 13.6. The Labute approximate surface area is 245 Å². The molecule has 0 bridgehead atoms. The molecule has 1 aliphatic rings. The molecular weight excluding hydrogens is 571 g/mol. The Kier molecular flexibility index (Phi) is 8.66. The van der Waals surface area contributed by atoms with Crippen molar-refractivity contribution in [3.05, 3.63) is 89.0 Å². The van der Waals surface area contributed by atoms with E-state index >= 15 is 0 Å². The van der Waals surface area contributed by atoms with Gasteiger partial charge in [-0.1, -0.05) is 17.7 Å². The summed E-state index contributed by atoms with van der Waals surface area (Å²) >= 11 is 6.43. The Hall–Kier alpha value is -4.13. The Morgan fingerprint density at radius 2 is 2.00 bits per heavy atom. The molecule has 0 radical (unpaired) electrons. The number of nitrogens with one attached hydrogen (secondary N) is 3. The lowest BCUT2D eigenvalue weighted by Gasteiger charge is -2.28. The monoisotopic (exact) mass is 599 g/mol. The number of aromatic nitrogens is 4. The van der Waals surface area contributed by atoms with Crippen LogP contribution in [-0.2, 0) is 12.7 Å². The predicted octanol–water partition coefficient (Wildman–Crippen LogP) is 6.47. The van der Waals surface area contributed by atoms with E-state index in [1.807, 2.05) is 23.0 Å². The summed E-state index contributed by atoms with van der Waals surface area (Å²) in [7, 11) is 0. The van der Waals surface area contributed by atoms with E-state index in [1.165, 1.54) is 18.5 Å². The molecule has 0 spiro atoms. The normalized spacial score (nSPS) is 14.7. The van der Waals surface area contributed by atoms with E-state index in [-0.39, 0.29) is 16.5 Å². The molecule has 4 aromatic rings. The summed E-state index contributed by atoms with van der Waals surface area (Å²) in [6.45, 7) is 3.59.